The smallest absolute Gasteiger partial charge is 0.420 e. The zero-order chi connectivity index (χ0) is 18.8. The SMILES string of the molecule is C=C(C)COc1c(I)cc(C(O)C(F)(F)F)nc1-c1ccc(F)cc1. The van der Waals surface area contributed by atoms with Crippen molar-refractivity contribution in [1.82, 2.24) is 4.98 Å². The molecule has 0 radical (unpaired) electrons. The molecule has 0 aliphatic carbocycles. The maximum absolute atomic E-state index is 13.1. The number of ether oxygens (including phenoxy) is 1. The zero-order valence-electron chi connectivity index (χ0n) is 13.1. The lowest BCUT2D eigenvalue weighted by Crippen LogP contribution is -2.21. The number of pyridine rings is 1. The molecule has 25 heavy (non-hydrogen) atoms. The van der Waals surface area contributed by atoms with Crippen LogP contribution in [0.3, 0.4) is 0 Å². The van der Waals surface area contributed by atoms with Gasteiger partial charge in [0.25, 0.3) is 0 Å². The summed E-state index contributed by atoms with van der Waals surface area (Å²) in [6, 6.07) is 6.20. The molecule has 134 valence electrons. The molecule has 0 spiro atoms. The fourth-order valence-corrected chi connectivity index (χ4v) is 2.69. The molecule has 1 atom stereocenters. The van der Waals surface area contributed by atoms with Crippen molar-refractivity contribution >= 4 is 22.6 Å². The molecule has 1 heterocycles. The average molecular weight is 467 g/mol. The molecule has 0 saturated carbocycles. The minimum absolute atomic E-state index is 0.0893. The lowest BCUT2D eigenvalue weighted by Gasteiger charge is -2.18. The van der Waals surface area contributed by atoms with Crippen LogP contribution in [0.5, 0.6) is 5.75 Å². The van der Waals surface area contributed by atoms with E-state index in [1.165, 1.54) is 24.3 Å². The molecule has 8 heteroatoms. The second kappa shape index (κ2) is 7.69. The van der Waals surface area contributed by atoms with Crippen LogP contribution in [0, 0.1) is 9.39 Å². The fourth-order valence-electron chi connectivity index (χ4n) is 1.96. The van der Waals surface area contributed by atoms with E-state index in [0.29, 0.717) is 14.7 Å². The number of alkyl halides is 3. The Labute approximate surface area is 155 Å². The maximum atomic E-state index is 13.1. The summed E-state index contributed by atoms with van der Waals surface area (Å²) in [4.78, 5) is 3.93. The Morgan fingerprint density at radius 2 is 1.92 bits per heavy atom. The van der Waals surface area contributed by atoms with E-state index in [-0.39, 0.29) is 18.1 Å². The van der Waals surface area contributed by atoms with Crippen molar-refractivity contribution in [1.29, 1.82) is 0 Å². The number of nitrogens with zero attached hydrogens (tertiary/aromatic N) is 1. The number of halogens is 5. The minimum atomic E-state index is -4.85. The van der Waals surface area contributed by atoms with Gasteiger partial charge in [-0.2, -0.15) is 13.2 Å². The van der Waals surface area contributed by atoms with Crippen LogP contribution in [0.4, 0.5) is 17.6 Å². The van der Waals surface area contributed by atoms with Crippen molar-refractivity contribution in [3.8, 4) is 17.0 Å². The lowest BCUT2D eigenvalue weighted by atomic mass is 10.1. The van der Waals surface area contributed by atoms with E-state index >= 15 is 0 Å². The van der Waals surface area contributed by atoms with E-state index in [1.807, 2.05) is 0 Å². The topological polar surface area (TPSA) is 42.4 Å². The molecule has 2 aromatic rings. The molecule has 0 bridgehead atoms. The van der Waals surface area contributed by atoms with Crippen LogP contribution in [0.25, 0.3) is 11.3 Å². The third-order valence-corrected chi connectivity index (χ3v) is 3.92. The number of benzene rings is 1. The van der Waals surface area contributed by atoms with E-state index in [2.05, 4.69) is 11.6 Å². The molecular weight excluding hydrogens is 453 g/mol. The number of aromatic nitrogens is 1. The second-order valence-corrected chi connectivity index (χ2v) is 6.57. The van der Waals surface area contributed by atoms with Gasteiger partial charge >= 0.3 is 6.18 Å². The first-order valence-corrected chi connectivity index (χ1v) is 8.16. The Bertz CT molecular complexity index is 775. The minimum Gasteiger partial charge on any atom is -0.486 e. The van der Waals surface area contributed by atoms with Gasteiger partial charge in [-0.15, -0.1) is 0 Å². The Kier molecular flexibility index (Phi) is 6.04. The van der Waals surface area contributed by atoms with E-state index in [1.54, 1.807) is 29.5 Å². The molecule has 0 aliphatic rings. The van der Waals surface area contributed by atoms with Crippen molar-refractivity contribution in [2.24, 2.45) is 0 Å². The van der Waals surface area contributed by atoms with E-state index in [4.69, 9.17) is 4.74 Å². The molecule has 0 saturated heterocycles. The number of rotatable bonds is 5. The Hall–Kier alpha value is -1.68. The van der Waals surface area contributed by atoms with Gasteiger partial charge in [0.2, 0.25) is 0 Å². The molecule has 1 unspecified atom stereocenters. The van der Waals surface area contributed by atoms with Gasteiger partial charge in [0.05, 0.1) is 9.26 Å². The van der Waals surface area contributed by atoms with Crippen molar-refractivity contribution in [3.05, 3.63) is 57.6 Å². The van der Waals surface area contributed by atoms with Crippen molar-refractivity contribution in [3.63, 3.8) is 0 Å². The Morgan fingerprint density at radius 1 is 1.32 bits per heavy atom. The highest BCUT2D eigenvalue weighted by Crippen LogP contribution is 2.38. The van der Waals surface area contributed by atoms with Gasteiger partial charge < -0.3 is 9.84 Å². The first-order valence-electron chi connectivity index (χ1n) is 7.08. The molecule has 3 nitrogen and oxygen atoms in total. The summed E-state index contributed by atoms with van der Waals surface area (Å²) in [7, 11) is 0. The highest BCUT2D eigenvalue weighted by Gasteiger charge is 2.41. The van der Waals surface area contributed by atoms with Crippen molar-refractivity contribution < 1.29 is 27.4 Å². The molecule has 2 rings (SSSR count). The molecule has 0 amide bonds. The fraction of sp³-hybridized carbons (Fsp3) is 0.235. The van der Waals surface area contributed by atoms with Crippen molar-refractivity contribution in [2.45, 2.75) is 19.2 Å². The first kappa shape index (κ1) is 19.6. The molecular formula is C17H14F4INO2. The summed E-state index contributed by atoms with van der Waals surface area (Å²) in [5.41, 5.74) is 0.609. The van der Waals surface area contributed by atoms with Gasteiger partial charge in [0, 0.05) is 5.56 Å². The quantitative estimate of drug-likeness (QED) is 0.381. The van der Waals surface area contributed by atoms with Gasteiger partial charge in [-0.1, -0.05) is 6.58 Å². The van der Waals surface area contributed by atoms with Crippen LogP contribution in [0.1, 0.15) is 18.7 Å². The van der Waals surface area contributed by atoms with Gasteiger partial charge in [-0.25, -0.2) is 9.37 Å². The van der Waals surface area contributed by atoms with Crippen LogP contribution < -0.4 is 4.74 Å². The van der Waals surface area contributed by atoms with Gasteiger partial charge in [-0.3, -0.25) is 0 Å². The standard InChI is InChI=1S/C17H14F4INO2/c1-9(2)8-25-15-12(22)7-13(16(24)17(19,20)21)23-14(15)10-3-5-11(18)6-4-10/h3-7,16,24H,1,8H2,2H3. The third kappa shape index (κ3) is 4.91. The molecule has 1 N–H and O–H groups in total. The third-order valence-electron chi connectivity index (χ3n) is 3.12. The van der Waals surface area contributed by atoms with Crippen LogP contribution in [-0.2, 0) is 0 Å². The number of hydrogen-bond acceptors (Lipinski definition) is 3. The summed E-state index contributed by atoms with van der Waals surface area (Å²) < 4.78 is 57.6. The van der Waals surface area contributed by atoms with E-state index < -0.39 is 23.8 Å². The molecule has 1 aromatic heterocycles. The van der Waals surface area contributed by atoms with Gasteiger partial charge in [0.1, 0.15) is 18.1 Å². The average Bonchev–Trinajstić information content (AvgIpc) is 2.52. The maximum Gasteiger partial charge on any atom is 0.420 e. The summed E-state index contributed by atoms with van der Waals surface area (Å²) in [5.74, 6) is -0.248. The largest absolute Gasteiger partial charge is 0.486 e. The van der Waals surface area contributed by atoms with E-state index in [9.17, 15) is 22.7 Å². The van der Waals surface area contributed by atoms with Crippen LogP contribution in [0.15, 0.2) is 42.5 Å². The highest BCUT2D eigenvalue weighted by molar-refractivity contribution is 14.1. The van der Waals surface area contributed by atoms with E-state index in [0.717, 1.165) is 6.07 Å². The lowest BCUT2D eigenvalue weighted by molar-refractivity contribution is -0.207. The van der Waals surface area contributed by atoms with Gasteiger partial charge in [0.15, 0.2) is 11.9 Å². The number of aliphatic hydroxyl groups is 1. The summed E-state index contributed by atoms with van der Waals surface area (Å²) in [6.45, 7) is 5.59. The Balaban J connectivity index is 2.59. The van der Waals surface area contributed by atoms with Crippen molar-refractivity contribution in [2.75, 3.05) is 6.61 Å². The van der Waals surface area contributed by atoms with Gasteiger partial charge in [-0.05, 0) is 65.4 Å². The molecule has 0 aliphatic heterocycles. The molecule has 1 aromatic carbocycles. The first-order chi connectivity index (χ1) is 11.6. The zero-order valence-corrected chi connectivity index (χ0v) is 15.2. The normalized spacial score (nSPS) is 12.8. The predicted molar refractivity (Wildman–Crippen MR) is 93.7 cm³/mol. The second-order valence-electron chi connectivity index (χ2n) is 5.40. The number of aliphatic hydroxyl groups excluding tert-OH is 1. The summed E-state index contributed by atoms with van der Waals surface area (Å²) in [6.07, 6.45) is -7.58. The van der Waals surface area contributed by atoms with Crippen LogP contribution >= 0.6 is 22.6 Å². The predicted octanol–water partition coefficient (Wildman–Crippen LogP) is 5.04. The van der Waals surface area contributed by atoms with Crippen LogP contribution in [0.2, 0.25) is 0 Å². The summed E-state index contributed by atoms with van der Waals surface area (Å²) >= 11 is 1.81. The Morgan fingerprint density at radius 3 is 2.44 bits per heavy atom. The highest BCUT2D eigenvalue weighted by atomic mass is 127. The molecule has 0 fully saturated rings. The number of hydrogen-bond donors (Lipinski definition) is 1. The summed E-state index contributed by atoms with van der Waals surface area (Å²) in [5, 5.41) is 9.50. The van der Waals surface area contributed by atoms with Crippen LogP contribution in [-0.4, -0.2) is 22.9 Å². The monoisotopic (exact) mass is 467 g/mol.